The molecule has 0 N–H and O–H groups in total. The van der Waals surface area contributed by atoms with Crippen molar-refractivity contribution in [1.82, 2.24) is 9.80 Å². The maximum Gasteiger partial charge on any atom is 0.228 e. The number of hydrogen-bond donors (Lipinski definition) is 0. The Morgan fingerprint density at radius 1 is 1.04 bits per heavy atom. The van der Waals surface area contributed by atoms with Crippen LogP contribution in [0.2, 0.25) is 0 Å². The number of anilines is 1. The van der Waals surface area contributed by atoms with E-state index in [0.29, 0.717) is 32.5 Å². The summed E-state index contributed by atoms with van der Waals surface area (Å²) in [6.45, 7) is 9.11. The van der Waals surface area contributed by atoms with Crippen LogP contribution in [0.15, 0.2) is 24.3 Å². The molecule has 0 radical (unpaired) electrons. The first-order valence-electron chi connectivity index (χ1n) is 10.4. The number of carbonyl (C=O) groups is 3. The standard InChI is InChI=1S/C22H31N3O3/c1-4-23(5-2)21(27)17-10-12-24(13-11-17)22(28)18-14-20(26)25(15-18)19-8-6-16(3)7-9-19/h6-9,17-18H,4-5,10-15H2,1-3H3/t18-/m0/s1. The van der Waals surface area contributed by atoms with E-state index in [4.69, 9.17) is 0 Å². The molecule has 6 nitrogen and oxygen atoms in total. The zero-order valence-corrected chi connectivity index (χ0v) is 17.2. The van der Waals surface area contributed by atoms with Crippen molar-refractivity contribution < 1.29 is 14.4 Å². The van der Waals surface area contributed by atoms with Crippen LogP contribution in [0.3, 0.4) is 0 Å². The Hall–Kier alpha value is -2.37. The molecule has 2 heterocycles. The predicted octanol–water partition coefficient (Wildman–Crippen LogP) is 2.45. The SMILES string of the molecule is CCN(CC)C(=O)C1CCN(C(=O)[C@H]2CC(=O)N(c3ccc(C)cc3)C2)CC1. The quantitative estimate of drug-likeness (QED) is 0.782. The number of piperidine rings is 1. The van der Waals surface area contributed by atoms with Gasteiger partial charge in [0.1, 0.15) is 0 Å². The van der Waals surface area contributed by atoms with E-state index in [-0.39, 0.29) is 36.0 Å². The van der Waals surface area contributed by atoms with Crippen LogP contribution in [0.25, 0.3) is 0 Å². The van der Waals surface area contributed by atoms with Gasteiger partial charge in [0.25, 0.3) is 0 Å². The summed E-state index contributed by atoms with van der Waals surface area (Å²) in [6.07, 6.45) is 1.69. The average Bonchev–Trinajstić information content (AvgIpc) is 3.10. The summed E-state index contributed by atoms with van der Waals surface area (Å²) in [5, 5.41) is 0. The molecule has 0 spiro atoms. The minimum Gasteiger partial charge on any atom is -0.343 e. The summed E-state index contributed by atoms with van der Waals surface area (Å²) in [6, 6.07) is 7.83. The molecule has 3 rings (SSSR count). The monoisotopic (exact) mass is 385 g/mol. The summed E-state index contributed by atoms with van der Waals surface area (Å²) >= 11 is 0. The van der Waals surface area contributed by atoms with E-state index >= 15 is 0 Å². The van der Waals surface area contributed by atoms with Crippen LogP contribution < -0.4 is 4.90 Å². The number of hydrogen-bond acceptors (Lipinski definition) is 3. The van der Waals surface area contributed by atoms with Crippen LogP contribution in [0.5, 0.6) is 0 Å². The Labute approximate surface area is 167 Å². The Balaban J connectivity index is 1.56. The van der Waals surface area contributed by atoms with Crippen molar-refractivity contribution >= 4 is 23.4 Å². The summed E-state index contributed by atoms with van der Waals surface area (Å²) in [4.78, 5) is 43.4. The van der Waals surface area contributed by atoms with Crippen LogP contribution in [0, 0.1) is 18.8 Å². The third-order valence-corrected chi connectivity index (χ3v) is 6.05. The summed E-state index contributed by atoms with van der Waals surface area (Å²) in [7, 11) is 0. The molecule has 0 aliphatic carbocycles. The number of nitrogens with zero attached hydrogens (tertiary/aromatic N) is 3. The highest BCUT2D eigenvalue weighted by Gasteiger charge is 2.38. The first-order valence-corrected chi connectivity index (χ1v) is 10.4. The third-order valence-electron chi connectivity index (χ3n) is 6.05. The van der Waals surface area contributed by atoms with Gasteiger partial charge in [-0.15, -0.1) is 0 Å². The highest BCUT2D eigenvalue weighted by atomic mass is 16.2. The number of amides is 3. The zero-order chi connectivity index (χ0) is 20.3. The van der Waals surface area contributed by atoms with Crippen molar-refractivity contribution in [3.63, 3.8) is 0 Å². The lowest BCUT2D eigenvalue weighted by molar-refractivity contribution is -0.142. The molecule has 152 valence electrons. The van der Waals surface area contributed by atoms with Gasteiger partial charge in [-0.2, -0.15) is 0 Å². The van der Waals surface area contributed by atoms with E-state index in [9.17, 15) is 14.4 Å². The van der Waals surface area contributed by atoms with Crippen molar-refractivity contribution in [2.24, 2.45) is 11.8 Å². The first-order chi connectivity index (χ1) is 13.4. The molecule has 6 heteroatoms. The van der Waals surface area contributed by atoms with E-state index in [1.807, 2.05) is 54.8 Å². The molecule has 2 aliphatic heterocycles. The lowest BCUT2D eigenvalue weighted by Gasteiger charge is -2.34. The Bertz CT molecular complexity index is 719. The van der Waals surface area contributed by atoms with Gasteiger partial charge in [0.2, 0.25) is 17.7 Å². The van der Waals surface area contributed by atoms with E-state index in [2.05, 4.69) is 0 Å². The molecule has 1 aromatic carbocycles. The summed E-state index contributed by atoms with van der Waals surface area (Å²) in [5.74, 6) is -0.00811. The second kappa shape index (κ2) is 8.76. The van der Waals surface area contributed by atoms with Crippen LogP contribution >= 0.6 is 0 Å². The molecule has 1 aromatic rings. The first kappa shape index (κ1) is 20.4. The highest BCUT2D eigenvalue weighted by Crippen LogP contribution is 2.28. The lowest BCUT2D eigenvalue weighted by atomic mass is 9.94. The van der Waals surface area contributed by atoms with Crippen LogP contribution in [-0.2, 0) is 14.4 Å². The van der Waals surface area contributed by atoms with Gasteiger partial charge in [0.05, 0.1) is 5.92 Å². The number of aryl methyl sites for hydroxylation is 1. The van der Waals surface area contributed by atoms with Gasteiger partial charge in [-0.25, -0.2) is 0 Å². The molecule has 3 amide bonds. The van der Waals surface area contributed by atoms with Gasteiger partial charge in [0, 0.05) is 50.7 Å². The van der Waals surface area contributed by atoms with Gasteiger partial charge in [-0.05, 0) is 45.7 Å². The zero-order valence-electron chi connectivity index (χ0n) is 17.2. The van der Waals surface area contributed by atoms with Crippen molar-refractivity contribution in [2.75, 3.05) is 37.6 Å². The maximum atomic E-state index is 13.0. The van der Waals surface area contributed by atoms with E-state index in [1.165, 1.54) is 0 Å². The molecule has 0 bridgehead atoms. The molecule has 0 saturated carbocycles. The average molecular weight is 386 g/mol. The van der Waals surface area contributed by atoms with Gasteiger partial charge < -0.3 is 14.7 Å². The molecule has 2 saturated heterocycles. The Morgan fingerprint density at radius 2 is 1.64 bits per heavy atom. The fourth-order valence-electron chi connectivity index (χ4n) is 4.25. The molecule has 0 aromatic heterocycles. The van der Waals surface area contributed by atoms with Crippen molar-refractivity contribution in [3.05, 3.63) is 29.8 Å². The second-order valence-electron chi connectivity index (χ2n) is 7.85. The molecule has 1 atom stereocenters. The number of carbonyl (C=O) groups excluding carboxylic acids is 3. The third kappa shape index (κ3) is 4.21. The van der Waals surface area contributed by atoms with Crippen LogP contribution in [0.4, 0.5) is 5.69 Å². The smallest absolute Gasteiger partial charge is 0.228 e. The van der Waals surface area contributed by atoms with Crippen molar-refractivity contribution in [1.29, 1.82) is 0 Å². The predicted molar refractivity (Wildman–Crippen MR) is 109 cm³/mol. The summed E-state index contributed by atoms with van der Waals surface area (Å²) in [5.41, 5.74) is 2.00. The van der Waals surface area contributed by atoms with Crippen LogP contribution in [-0.4, -0.2) is 60.2 Å². The molecular formula is C22H31N3O3. The van der Waals surface area contributed by atoms with Crippen molar-refractivity contribution in [2.45, 2.75) is 40.0 Å². The van der Waals surface area contributed by atoms with E-state index in [0.717, 1.165) is 24.3 Å². The normalized spacial score (nSPS) is 20.5. The number of likely N-dealkylation sites (tertiary alicyclic amines) is 1. The van der Waals surface area contributed by atoms with E-state index in [1.54, 1.807) is 4.90 Å². The Kier molecular flexibility index (Phi) is 6.37. The molecule has 28 heavy (non-hydrogen) atoms. The maximum absolute atomic E-state index is 13.0. The fourth-order valence-corrected chi connectivity index (χ4v) is 4.25. The van der Waals surface area contributed by atoms with Crippen molar-refractivity contribution in [3.8, 4) is 0 Å². The number of benzene rings is 1. The fraction of sp³-hybridized carbons (Fsp3) is 0.591. The van der Waals surface area contributed by atoms with Crippen LogP contribution in [0.1, 0.15) is 38.7 Å². The minimum absolute atomic E-state index is 0.00815. The molecule has 2 fully saturated rings. The molecule has 0 unspecified atom stereocenters. The second-order valence-corrected chi connectivity index (χ2v) is 7.85. The minimum atomic E-state index is -0.288. The van der Waals surface area contributed by atoms with Gasteiger partial charge in [-0.3, -0.25) is 14.4 Å². The topological polar surface area (TPSA) is 60.9 Å². The Morgan fingerprint density at radius 3 is 2.21 bits per heavy atom. The molecule has 2 aliphatic rings. The highest BCUT2D eigenvalue weighted by molar-refractivity contribution is 6.00. The lowest BCUT2D eigenvalue weighted by Crippen LogP contribution is -2.46. The van der Waals surface area contributed by atoms with Gasteiger partial charge in [-0.1, -0.05) is 17.7 Å². The van der Waals surface area contributed by atoms with Gasteiger partial charge in [0.15, 0.2) is 0 Å². The number of rotatable bonds is 5. The van der Waals surface area contributed by atoms with E-state index < -0.39 is 0 Å². The largest absolute Gasteiger partial charge is 0.343 e. The van der Waals surface area contributed by atoms with Gasteiger partial charge >= 0.3 is 0 Å². The molecular weight excluding hydrogens is 354 g/mol. The summed E-state index contributed by atoms with van der Waals surface area (Å²) < 4.78 is 0.